The van der Waals surface area contributed by atoms with Crippen LogP contribution in [0.2, 0.25) is 0 Å². The second kappa shape index (κ2) is 5.45. The average molecular weight is 217 g/mol. The van der Waals surface area contributed by atoms with Gasteiger partial charge >= 0.3 is 0 Å². The average Bonchev–Trinajstić information content (AvgIpc) is 2.24. The van der Waals surface area contributed by atoms with Gasteiger partial charge in [0.2, 0.25) is 0 Å². The molecule has 0 radical (unpaired) electrons. The minimum Gasteiger partial charge on any atom is -0.390 e. The summed E-state index contributed by atoms with van der Waals surface area (Å²) in [5, 5.41) is 0. The first-order valence-corrected chi connectivity index (χ1v) is 5.37. The third kappa shape index (κ3) is 3.85. The van der Waals surface area contributed by atoms with Gasteiger partial charge < -0.3 is 5.73 Å². The Morgan fingerprint density at radius 1 is 1.25 bits per heavy atom. The molecule has 0 aliphatic carbocycles. The molecule has 1 aromatic carbocycles. The number of hydrogen-bond acceptors (Lipinski definition) is 1. The maximum absolute atomic E-state index is 5.32. The number of benzene rings is 1. The summed E-state index contributed by atoms with van der Waals surface area (Å²) in [6.07, 6.45) is 1.30. The molecule has 0 spiro atoms. The number of nitrogens with zero attached hydrogens (tertiary/aromatic N) is 2. The van der Waals surface area contributed by atoms with E-state index in [1.165, 1.54) is 11.9 Å². The first kappa shape index (κ1) is 12.4. The van der Waals surface area contributed by atoms with Crippen LogP contribution in [-0.2, 0) is 6.54 Å². The number of nitrogens with two attached hydrogens (primary N) is 1. The maximum Gasteiger partial charge on any atom is 0.130 e. The smallest absolute Gasteiger partial charge is 0.130 e. The van der Waals surface area contributed by atoms with Crippen molar-refractivity contribution >= 4 is 12.2 Å². The zero-order chi connectivity index (χ0) is 12.0. The van der Waals surface area contributed by atoms with E-state index in [0.717, 1.165) is 5.84 Å². The highest BCUT2D eigenvalue weighted by Gasteiger charge is 2.17. The van der Waals surface area contributed by atoms with Crippen LogP contribution in [0.5, 0.6) is 0 Å². The lowest BCUT2D eigenvalue weighted by Gasteiger charge is -2.17. The Morgan fingerprint density at radius 3 is 2.38 bits per heavy atom. The Labute approximate surface area is 97.1 Å². The lowest BCUT2D eigenvalue weighted by atomic mass is 9.95. The van der Waals surface area contributed by atoms with Gasteiger partial charge in [-0.05, 0) is 5.56 Å². The maximum atomic E-state index is 5.32. The van der Waals surface area contributed by atoms with E-state index in [1.54, 1.807) is 0 Å². The van der Waals surface area contributed by atoms with E-state index >= 15 is 0 Å². The zero-order valence-electron chi connectivity index (χ0n) is 10.1. The van der Waals surface area contributed by atoms with E-state index < -0.39 is 0 Å². The van der Waals surface area contributed by atoms with E-state index in [1.807, 2.05) is 18.2 Å². The van der Waals surface area contributed by atoms with Crippen LogP contribution >= 0.6 is 0 Å². The minimum atomic E-state index is -0.0787. The molecule has 3 nitrogen and oxygen atoms in total. The largest absolute Gasteiger partial charge is 0.390 e. The van der Waals surface area contributed by atoms with Crippen LogP contribution in [-0.4, -0.2) is 12.2 Å². The summed E-state index contributed by atoms with van der Waals surface area (Å²) in [4.78, 5) is 8.61. The van der Waals surface area contributed by atoms with Crippen LogP contribution in [0.4, 0.5) is 0 Å². The monoisotopic (exact) mass is 217 g/mol. The summed E-state index contributed by atoms with van der Waals surface area (Å²) in [5.41, 5.74) is 6.42. The molecular weight excluding hydrogens is 198 g/mol. The molecule has 2 N–H and O–H groups in total. The van der Waals surface area contributed by atoms with E-state index in [-0.39, 0.29) is 5.41 Å². The first-order valence-electron chi connectivity index (χ1n) is 5.37. The van der Waals surface area contributed by atoms with Crippen LogP contribution in [0.3, 0.4) is 0 Å². The van der Waals surface area contributed by atoms with Crippen molar-refractivity contribution in [2.75, 3.05) is 0 Å². The predicted molar refractivity (Wildman–Crippen MR) is 69.7 cm³/mol. The van der Waals surface area contributed by atoms with Crippen molar-refractivity contribution < 1.29 is 0 Å². The summed E-state index contributed by atoms with van der Waals surface area (Å²) in [5.74, 6) is 0.777. The number of hydrogen-bond donors (Lipinski definition) is 1. The van der Waals surface area contributed by atoms with Crippen molar-refractivity contribution in [3.63, 3.8) is 0 Å². The Balaban J connectivity index is 2.81. The lowest BCUT2D eigenvalue weighted by Crippen LogP contribution is -2.19. The van der Waals surface area contributed by atoms with Crippen molar-refractivity contribution in [2.45, 2.75) is 27.3 Å². The van der Waals surface area contributed by atoms with E-state index in [0.29, 0.717) is 6.54 Å². The fourth-order valence-corrected chi connectivity index (χ4v) is 1.29. The van der Waals surface area contributed by atoms with Gasteiger partial charge in [-0.1, -0.05) is 51.1 Å². The SMILES string of the molecule is CC(C)(C)C(N=CN)=NCc1ccccc1. The first-order chi connectivity index (χ1) is 7.54. The highest BCUT2D eigenvalue weighted by atomic mass is 15.0. The Hall–Kier alpha value is -1.64. The third-order valence-electron chi connectivity index (χ3n) is 2.12. The molecule has 3 heteroatoms. The molecule has 0 saturated heterocycles. The molecule has 0 aromatic heterocycles. The fourth-order valence-electron chi connectivity index (χ4n) is 1.29. The van der Waals surface area contributed by atoms with Crippen molar-refractivity contribution in [3.05, 3.63) is 35.9 Å². The molecule has 0 saturated carbocycles. The lowest BCUT2D eigenvalue weighted by molar-refractivity contribution is 0.581. The molecule has 1 rings (SSSR count). The summed E-state index contributed by atoms with van der Waals surface area (Å²) >= 11 is 0. The van der Waals surface area contributed by atoms with Gasteiger partial charge in [0.15, 0.2) is 0 Å². The van der Waals surface area contributed by atoms with Crippen LogP contribution < -0.4 is 5.73 Å². The van der Waals surface area contributed by atoms with Gasteiger partial charge in [-0.2, -0.15) is 0 Å². The topological polar surface area (TPSA) is 50.7 Å². The second-order valence-electron chi connectivity index (χ2n) is 4.65. The van der Waals surface area contributed by atoms with Crippen molar-refractivity contribution in [3.8, 4) is 0 Å². The molecule has 16 heavy (non-hydrogen) atoms. The molecule has 1 aromatic rings. The molecule has 0 heterocycles. The van der Waals surface area contributed by atoms with Crippen LogP contribution in [0.15, 0.2) is 40.3 Å². The summed E-state index contributed by atoms with van der Waals surface area (Å²) in [6.45, 7) is 6.86. The van der Waals surface area contributed by atoms with Gasteiger partial charge in [-0.3, -0.25) is 4.99 Å². The standard InChI is InChI=1S/C13H19N3/c1-13(2,3)12(16-10-14)15-9-11-7-5-4-6-8-11/h4-8,10H,9H2,1-3H3,(H2,14,15,16). The van der Waals surface area contributed by atoms with Gasteiger partial charge in [0.05, 0.1) is 12.9 Å². The fraction of sp³-hybridized carbons (Fsp3) is 0.385. The second-order valence-corrected chi connectivity index (χ2v) is 4.65. The van der Waals surface area contributed by atoms with Gasteiger partial charge in [-0.15, -0.1) is 0 Å². The summed E-state index contributed by atoms with van der Waals surface area (Å²) in [7, 11) is 0. The molecular formula is C13H19N3. The summed E-state index contributed by atoms with van der Waals surface area (Å²) in [6, 6.07) is 10.1. The minimum absolute atomic E-state index is 0.0787. The van der Waals surface area contributed by atoms with E-state index in [4.69, 9.17) is 5.73 Å². The number of rotatable bonds is 2. The summed E-state index contributed by atoms with van der Waals surface area (Å²) < 4.78 is 0. The molecule has 0 aliphatic heterocycles. The Kier molecular flexibility index (Phi) is 4.23. The van der Waals surface area contributed by atoms with E-state index in [9.17, 15) is 0 Å². The molecule has 0 bridgehead atoms. The quantitative estimate of drug-likeness (QED) is 0.601. The zero-order valence-corrected chi connectivity index (χ0v) is 10.1. The van der Waals surface area contributed by atoms with Crippen LogP contribution in [0.25, 0.3) is 0 Å². The molecule has 0 fully saturated rings. The Bertz CT molecular complexity index is 372. The van der Waals surface area contributed by atoms with Gasteiger partial charge in [0.1, 0.15) is 5.84 Å². The highest BCUT2D eigenvalue weighted by Crippen LogP contribution is 2.17. The highest BCUT2D eigenvalue weighted by molar-refractivity contribution is 5.92. The van der Waals surface area contributed by atoms with E-state index in [2.05, 4.69) is 42.9 Å². The molecule has 0 unspecified atom stereocenters. The number of aliphatic imine (C=N–C) groups is 2. The van der Waals surface area contributed by atoms with Gasteiger partial charge in [-0.25, -0.2) is 4.99 Å². The van der Waals surface area contributed by atoms with Crippen molar-refractivity contribution in [1.29, 1.82) is 0 Å². The van der Waals surface area contributed by atoms with Gasteiger partial charge in [0, 0.05) is 5.41 Å². The molecule has 0 atom stereocenters. The Morgan fingerprint density at radius 2 is 1.88 bits per heavy atom. The van der Waals surface area contributed by atoms with Crippen molar-refractivity contribution in [1.82, 2.24) is 0 Å². The predicted octanol–water partition coefficient (Wildman–Crippen LogP) is 2.62. The molecule has 0 amide bonds. The normalized spacial score (nSPS) is 13.3. The van der Waals surface area contributed by atoms with Crippen LogP contribution in [0.1, 0.15) is 26.3 Å². The third-order valence-corrected chi connectivity index (χ3v) is 2.12. The molecule has 0 aliphatic rings. The van der Waals surface area contributed by atoms with Crippen molar-refractivity contribution in [2.24, 2.45) is 21.1 Å². The molecule has 86 valence electrons. The number of amidine groups is 1. The van der Waals surface area contributed by atoms with Gasteiger partial charge in [0.25, 0.3) is 0 Å². The van der Waals surface area contributed by atoms with Crippen LogP contribution in [0, 0.1) is 5.41 Å².